The zero-order valence-electron chi connectivity index (χ0n) is 18.2. The van der Waals surface area contributed by atoms with E-state index < -0.39 is 36.8 Å². The molecule has 0 heterocycles. The molecule has 35 heavy (non-hydrogen) atoms. The minimum atomic E-state index is -4.94. The number of alkyl halides is 6. The highest BCUT2D eigenvalue weighted by Crippen LogP contribution is 2.31. The zero-order valence-corrected chi connectivity index (χ0v) is 18.2. The number of hydrogen-bond donors (Lipinski definition) is 1. The molecule has 3 aromatic carbocycles. The lowest BCUT2D eigenvalue weighted by atomic mass is 10.1. The summed E-state index contributed by atoms with van der Waals surface area (Å²) in [6.07, 6.45) is -12.6. The number of aliphatic hydroxyl groups excluding tert-OH is 1. The van der Waals surface area contributed by atoms with Crippen molar-refractivity contribution in [3.63, 3.8) is 0 Å². The third-order valence-electron chi connectivity index (χ3n) is 4.82. The Hall–Kier alpha value is -3.47. The van der Waals surface area contributed by atoms with Crippen LogP contribution in [0, 0.1) is 12.7 Å². The van der Waals surface area contributed by atoms with E-state index in [0.29, 0.717) is 11.3 Å². The quantitative estimate of drug-likeness (QED) is 0.345. The van der Waals surface area contributed by atoms with Gasteiger partial charge in [0.2, 0.25) is 0 Å². The van der Waals surface area contributed by atoms with Crippen LogP contribution in [-0.4, -0.2) is 30.3 Å². The van der Waals surface area contributed by atoms with Crippen molar-refractivity contribution in [2.24, 2.45) is 0 Å². The molecule has 0 aliphatic carbocycles. The highest BCUT2D eigenvalue weighted by Gasteiger charge is 2.39. The van der Waals surface area contributed by atoms with Crippen molar-refractivity contribution >= 4 is 5.69 Å². The third-order valence-corrected chi connectivity index (χ3v) is 4.82. The van der Waals surface area contributed by atoms with Crippen molar-refractivity contribution < 1.29 is 45.3 Å². The molecule has 0 aliphatic rings. The lowest BCUT2D eigenvalue weighted by Gasteiger charge is -2.29. The Morgan fingerprint density at radius 2 is 1.51 bits per heavy atom. The van der Waals surface area contributed by atoms with Crippen molar-refractivity contribution in [1.29, 1.82) is 0 Å². The van der Waals surface area contributed by atoms with E-state index >= 15 is 0 Å². The highest BCUT2D eigenvalue weighted by atomic mass is 19.4. The third kappa shape index (κ3) is 7.78. The number of aliphatic hydroxyl groups is 1. The first-order chi connectivity index (χ1) is 16.3. The van der Waals surface area contributed by atoms with Gasteiger partial charge in [-0.25, -0.2) is 4.39 Å². The summed E-state index contributed by atoms with van der Waals surface area (Å²) in [6.45, 7) is 0.365. The molecule has 0 radical (unpaired) electrons. The molecule has 4 nitrogen and oxygen atoms in total. The summed E-state index contributed by atoms with van der Waals surface area (Å²) >= 11 is 0. The van der Waals surface area contributed by atoms with E-state index in [1.54, 1.807) is 0 Å². The lowest BCUT2D eigenvalue weighted by Crippen LogP contribution is -2.40. The van der Waals surface area contributed by atoms with E-state index in [4.69, 9.17) is 4.74 Å². The molecule has 0 aliphatic heterocycles. The Kier molecular flexibility index (Phi) is 7.79. The smallest absolute Gasteiger partial charge is 0.457 e. The molecular weight excluding hydrogens is 483 g/mol. The molecule has 0 saturated carbocycles. The van der Waals surface area contributed by atoms with E-state index in [1.807, 2.05) is 0 Å². The molecule has 0 fully saturated rings. The fourth-order valence-electron chi connectivity index (χ4n) is 3.20. The summed E-state index contributed by atoms with van der Waals surface area (Å²) in [7, 11) is 0. The number of anilines is 1. The van der Waals surface area contributed by atoms with Gasteiger partial charge in [-0.15, -0.1) is 13.2 Å². The normalized spacial score (nSPS) is 12.8. The molecule has 11 heteroatoms. The van der Waals surface area contributed by atoms with Gasteiger partial charge in [0.15, 0.2) is 6.10 Å². The van der Waals surface area contributed by atoms with Crippen molar-refractivity contribution in [2.45, 2.75) is 32.1 Å². The van der Waals surface area contributed by atoms with Crippen LogP contribution in [0.3, 0.4) is 0 Å². The molecule has 0 spiro atoms. The van der Waals surface area contributed by atoms with Gasteiger partial charge in [0.25, 0.3) is 0 Å². The average molecular weight is 503 g/mol. The highest BCUT2D eigenvalue weighted by molar-refractivity contribution is 5.52. The summed E-state index contributed by atoms with van der Waals surface area (Å²) in [5.41, 5.74) is 0.739. The Balaban J connectivity index is 1.89. The van der Waals surface area contributed by atoms with Gasteiger partial charge in [-0.2, -0.15) is 13.2 Å². The summed E-state index contributed by atoms with van der Waals surface area (Å²) in [4.78, 5) is 1.15. The lowest BCUT2D eigenvalue weighted by molar-refractivity contribution is -0.274. The van der Waals surface area contributed by atoms with Gasteiger partial charge in [-0.1, -0.05) is 18.2 Å². The first-order valence-electron chi connectivity index (χ1n) is 10.2. The first kappa shape index (κ1) is 26.1. The monoisotopic (exact) mass is 503 g/mol. The van der Waals surface area contributed by atoms with Crippen molar-refractivity contribution in [1.82, 2.24) is 0 Å². The molecule has 0 bridgehead atoms. The standard InChI is InChI=1S/C24H20F7NO3/c1-15-10-19(8-9-21(15)25)34-18-6-3-5-17(12-18)32(14-22(33)23(26,27)28)13-16-4-2-7-20(11-16)35-24(29,30)31/h2-12,22,33H,13-14H2,1H3. The van der Waals surface area contributed by atoms with Crippen molar-refractivity contribution in [3.8, 4) is 17.2 Å². The maximum absolute atomic E-state index is 13.5. The summed E-state index contributed by atoms with van der Waals surface area (Å²) in [5, 5.41) is 9.66. The molecular formula is C24H20F7NO3. The van der Waals surface area contributed by atoms with Gasteiger partial charge in [0, 0.05) is 18.3 Å². The Labute approximate surface area is 196 Å². The van der Waals surface area contributed by atoms with E-state index in [9.17, 15) is 35.8 Å². The second kappa shape index (κ2) is 10.4. The van der Waals surface area contributed by atoms with Gasteiger partial charge < -0.3 is 19.5 Å². The van der Waals surface area contributed by atoms with Crippen LogP contribution in [0.5, 0.6) is 17.2 Å². The van der Waals surface area contributed by atoms with Crippen LogP contribution in [0.1, 0.15) is 11.1 Å². The van der Waals surface area contributed by atoms with Crippen molar-refractivity contribution in [2.75, 3.05) is 11.4 Å². The average Bonchev–Trinajstić information content (AvgIpc) is 2.74. The number of benzene rings is 3. The van der Waals surface area contributed by atoms with Crippen LogP contribution in [0.4, 0.5) is 36.4 Å². The van der Waals surface area contributed by atoms with Gasteiger partial charge in [0.1, 0.15) is 23.1 Å². The number of hydrogen-bond acceptors (Lipinski definition) is 4. The van der Waals surface area contributed by atoms with Crippen molar-refractivity contribution in [3.05, 3.63) is 83.7 Å². The predicted molar refractivity (Wildman–Crippen MR) is 114 cm³/mol. The van der Waals surface area contributed by atoms with E-state index in [0.717, 1.165) is 17.0 Å². The minimum absolute atomic E-state index is 0.201. The molecule has 1 N–H and O–H groups in total. The molecule has 3 aromatic rings. The van der Waals surface area contributed by atoms with Gasteiger partial charge in [-0.3, -0.25) is 0 Å². The number of nitrogens with zero attached hydrogens (tertiary/aromatic N) is 1. The van der Waals surface area contributed by atoms with Crippen LogP contribution >= 0.6 is 0 Å². The van der Waals surface area contributed by atoms with E-state index in [-0.39, 0.29) is 23.5 Å². The fraction of sp³-hybridized carbons (Fsp3) is 0.250. The van der Waals surface area contributed by atoms with Gasteiger partial charge in [0.05, 0.1) is 6.54 Å². The van der Waals surface area contributed by atoms with Crippen LogP contribution in [0.15, 0.2) is 66.7 Å². The van der Waals surface area contributed by atoms with Crippen LogP contribution in [-0.2, 0) is 6.54 Å². The number of aryl methyl sites for hydroxylation is 1. The maximum Gasteiger partial charge on any atom is 0.573 e. The molecule has 0 aromatic heterocycles. The summed E-state index contributed by atoms with van der Waals surface area (Å²) in [6, 6.07) is 14.7. The molecule has 3 rings (SSSR count). The fourth-order valence-corrected chi connectivity index (χ4v) is 3.20. The second-order valence-electron chi connectivity index (χ2n) is 7.64. The molecule has 0 saturated heterocycles. The molecule has 1 atom stereocenters. The second-order valence-corrected chi connectivity index (χ2v) is 7.64. The van der Waals surface area contributed by atoms with Gasteiger partial charge in [-0.05, 0) is 60.5 Å². The maximum atomic E-state index is 13.5. The summed E-state index contributed by atoms with van der Waals surface area (Å²) in [5.74, 6) is -0.459. The Morgan fingerprint density at radius 3 is 2.17 bits per heavy atom. The number of halogens is 7. The predicted octanol–water partition coefficient (Wildman–Crippen LogP) is 6.75. The summed E-state index contributed by atoms with van der Waals surface area (Å²) < 4.78 is 99.9. The van der Waals surface area contributed by atoms with Crippen LogP contribution in [0.2, 0.25) is 0 Å². The topological polar surface area (TPSA) is 41.9 Å². The number of ether oxygens (including phenoxy) is 2. The zero-order chi connectivity index (χ0) is 25.8. The van der Waals surface area contributed by atoms with E-state index in [1.165, 1.54) is 61.5 Å². The molecule has 0 amide bonds. The Bertz CT molecular complexity index is 1150. The SMILES string of the molecule is Cc1cc(Oc2cccc(N(Cc3cccc(OC(F)(F)F)c3)CC(O)C(F)(F)F)c2)ccc1F. The largest absolute Gasteiger partial charge is 0.573 e. The van der Waals surface area contributed by atoms with Gasteiger partial charge >= 0.3 is 12.5 Å². The van der Waals surface area contributed by atoms with E-state index in [2.05, 4.69) is 4.74 Å². The minimum Gasteiger partial charge on any atom is -0.457 e. The molecule has 1 unspecified atom stereocenters. The Morgan fingerprint density at radius 1 is 0.857 bits per heavy atom. The molecule has 188 valence electrons. The van der Waals surface area contributed by atoms with Crippen LogP contribution < -0.4 is 14.4 Å². The first-order valence-corrected chi connectivity index (χ1v) is 10.2. The number of rotatable bonds is 8. The van der Waals surface area contributed by atoms with Crippen LogP contribution in [0.25, 0.3) is 0 Å².